The van der Waals surface area contributed by atoms with Gasteiger partial charge in [-0.1, -0.05) is 25.9 Å². The lowest BCUT2D eigenvalue weighted by Gasteiger charge is -2.13. The van der Waals surface area contributed by atoms with E-state index in [4.69, 9.17) is 10.3 Å². The molecule has 0 saturated carbocycles. The van der Waals surface area contributed by atoms with Gasteiger partial charge in [-0.3, -0.25) is 14.7 Å². The average molecular weight is 465 g/mol. The summed E-state index contributed by atoms with van der Waals surface area (Å²) in [6.45, 7) is 7.54. The van der Waals surface area contributed by atoms with E-state index in [9.17, 15) is 14.0 Å². The van der Waals surface area contributed by atoms with Crippen LogP contribution in [0.25, 0.3) is 22.2 Å². The second-order valence-corrected chi connectivity index (χ2v) is 8.98. The minimum absolute atomic E-state index is 0.0482. The molecule has 10 nitrogen and oxygen atoms in total. The molecule has 3 heterocycles. The van der Waals surface area contributed by atoms with E-state index >= 15 is 0 Å². The fraction of sp³-hybridized carbons (Fsp3) is 0.261. The molecule has 0 spiro atoms. The van der Waals surface area contributed by atoms with Crippen molar-refractivity contribution in [1.82, 2.24) is 19.7 Å². The number of anilines is 3. The van der Waals surface area contributed by atoms with Crippen molar-refractivity contribution >= 4 is 34.6 Å². The first-order chi connectivity index (χ1) is 15.9. The van der Waals surface area contributed by atoms with Gasteiger partial charge in [0.1, 0.15) is 11.5 Å². The van der Waals surface area contributed by atoms with E-state index in [1.54, 1.807) is 26.1 Å². The van der Waals surface area contributed by atoms with E-state index in [1.807, 2.05) is 20.8 Å². The van der Waals surface area contributed by atoms with Crippen LogP contribution in [0.2, 0.25) is 0 Å². The number of halogens is 1. The molecule has 1 aromatic carbocycles. The number of hydrogen-bond acceptors (Lipinski definition) is 7. The number of aryl methyl sites for hydroxylation is 2. The number of nitrogen functional groups attached to an aromatic ring is 1. The van der Waals surface area contributed by atoms with Gasteiger partial charge in [-0.15, -0.1) is 0 Å². The highest BCUT2D eigenvalue weighted by molar-refractivity contribution is 5.99. The summed E-state index contributed by atoms with van der Waals surface area (Å²) in [4.78, 5) is 33.6. The first-order valence-corrected chi connectivity index (χ1v) is 10.4. The van der Waals surface area contributed by atoms with Crippen LogP contribution in [0.15, 0.2) is 39.8 Å². The maximum atomic E-state index is 14.7. The molecule has 4 N–H and O–H groups in total. The van der Waals surface area contributed by atoms with Crippen LogP contribution in [0.5, 0.6) is 0 Å². The number of carbonyl (C=O) groups is 1. The van der Waals surface area contributed by atoms with Crippen molar-refractivity contribution in [2.75, 3.05) is 16.4 Å². The summed E-state index contributed by atoms with van der Waals surface area (Å²) in [7, 11) is 1.56. The largest absolute Gasteiger partial charge is 0.368 e. The molecule has 4 rings (SSSR count). The van der Waals surface area contributed by atoms with Gasteiger partial charge >= 0.3 is 6.03 Å². The molecule has 0 aliphatic heterocycles. The fourth-order valence-corrected chi connectivity index (χ4v) is 3.46. The van der Waals surface area contributed by atoms with E-state index in [2.05, 4.69) is 25.8 Å². The smallest absolute Gasteiger partial charge is 0.326 e. The van der Waals surface area contributed by atoms with Gasteiger partial charge in [-0.2, -0.15) is 4.98 Å². The molecule has 3 aromatic heterocycles. The molecule has 11 heteroatoms. The third kappa shape index (κ3) is 4.32. The Labute approximate surface area is 194 Å². The summed E-state index contributed by atoms with van der Waals surface area (Å²) in [5.74, 6) is -0.483. The summed E-state index contributed by atoms with van der Waals surface area (Å²) in [6, 6.07) is 5.15. The Morgan fingerprint density at radius 3 is 2.56 bits per heavy atom. The molecular weight excluding hydrogens is 441 g/mol. The van der Waals surface area contributed by atoms with Crippen molar-refractivity contribution in [2.24, 2.45) is 7.05 Å². The van der Waals surface area contributed by atoms with E-state index in [0.29, 0.717) is 33.4 Å². The van der Waals surface area contributed by atoms with Crippen molar-refractivity contribution in [3.05, 3.63) is 57.9 Å². The normalized spacial score (nSPS) is 11.6. The van der Waals surface area contributed by atoms with Gasteiger partial charge in [0.15, 0.2) is 0 Å². The number of amides is 2. The highest BCUT2D eigenvalue weighted by Gasteiger charge is 2.21. The number of nitrogens with one attached hydrogen (secondary N) is 2. The minimum atomic E-state index is -0.722. The number of hydrogen-bond donors (Lipinski definition) is 3. The predicted molar refractivity (Wildman–Crippen MR) is 127 cm³/mol. The van der Waals surface area contributed by atoms with Gasteiger partial charge < -0.3 is 15.6 Å². The molecule has 0 atom stereocenters. The molecule has 0 aliphatic rings. The van der Waals surface area contributed by atoms with Crippen molar-refractivity contribution in [3.63, 3.8) is 0 Å². The van der Waals surface area contributed by atoms with Crippen LogP contribution in [-0.4, -0.2) is 25.7 Å². The lowest BCUT2D eigenvalue weighted by Crippen LogP contribution is -2.22. The maximum absolute atomic E-state index is 14.7. The van der Waals surface area contributed by atoms with Crippen molar-refractivity contribution in [3.8, 4) is 11.1 Å². The summed E-state index contributed by atoms with van der Waals surface area (Å²) in [5, 5.41) is 9.47. The number of benzene rings is 1. The number of nitrogens with two attached hydrogens (primary N) is 1. The third-order valence-electron chi connectivity index (χ3n) is 5.33. The number of nitrogens with zero attached hydrogens (tertiary/aromatic N) is 4. The van der Waals surface area contributed by atoms with Gasteiger partial charge in [0.2, 0.25) is 11.8 Å². The third-order valence-corrected chi connectivity index (χ3v) is 5.33. The Morgan fingerprint density at radius 1 is 1.15 bits per heavy atom. The summed E-state index contributed by atoms with van der Waals surface area (Å²) >= 11 is 0. The van der Waals surface area contributed by atoms with E-state index < -0.39 is 11.8 Å². The Balaban J connectivity index is 1.67. The Bertz CT molecular complexity index is 1480. The van der Waals surface area contributed by atoms with Crippen LogP contribution in [0.3, 0.4) is 0 Å². The molecule has 4 aromatic rings. The molecule has 0 aliphatic carbocycles. The standard InChI is InChI=1S/C23H24FN7O3/c1-11-6-15(24)16(27-22(33)28-18-9-17(30-34-18)23(2,3)4)8-13(11)14-7-12-10-26-21(25)29-19(12)31(5)20(14)32/h6-10H,1-5H3,(H2,25,26,29)(H2,27,28,33). The van der Waals surface area contributed by atoms with Gasteiger partial charge in [0.25, 0.3) is 5.56 Å². The van der Waals surface area contributed by atoms with Gasteiger partial charge in [0, 0.05) is 35.7 Å². The van der Waals surface area contributed by atoms with Crippen LogP contribution in [0, 0.1) is 12.7 Å². The number of carbonyl (C=O) groups excluding carboxylic acids is 1. The van der Waals surface area contributed by atoms with Crippen LogP contribution >= 0.6 is 0 Å². The minimum Gasteiger partial charge on any atom is -0.368 e. The van der Waals surface area contributed by atoms with E-state index in [-0.39, 0.29) is 28.5 Å². The van der Waals surface area contributed by atoms with Crippen LogP contribution in [-0.2, 0) is 12.5 Å². The Kier molecular flexibility index (Phi) is 5.56. The molecule has 0 radical (unpaired) electrons. The van der Waals surface area contributed by atoms with Crippen LogP contribution < -0.4 is 21.9 Å². The van der Waals surface area contributed by atoms with E-state index in [0.717, 1.165) is 0 Å². The van der Waals surface area contributed by atoms with Crippen LogP contribution in [0.4, 0.5) is 26.7 Å². The lowest BCUT2D eigenvalue weighted by atomic mass is 9.92. The van der Waals surface area contributed by atoms with Gasteiger partial charge in [-0.25, -0.2) is 14.2 Å². The molecule has 0 bridgehead atoms. The lowest BCUT2D eigenvalue weighted by molar-refractivity contribution is 0.261. The monoisotopic (exact) mass is 465 g/mol. The zero-order chi connectivity index (χ0) is 24.8. The zero-order valence-electron chi connectivity index (χ0n) is 19.4. The van der Waals surface area contributed by atoms with Crippen molar-refractivity contribution < 1.29 is 13.7 Å². The Morgan fingerprint density at radius 2 is 1.88 bits per heavy atom. The summed E-state index contributed by atoms with van der Waals surface area (Å²) < 4.78 is 21.2. The fourth-order valence-electron chi connectivity index (χ4n) is 3.46. The SMILES string of the molecule is Cc1cc(F)c(NC(=O)Nc2cc(C(C)(C)C)no2)cc1-c1cc2cnc(N)nc2n(C)c1=O. The van der Waals surface area contributed by atoms with Gasteiger partial charge in [0.05, 0.1) is 11.4 Å². The maximum Gasteiger partial charge on any atom is 0.326 e. The predicted octanol–water partition coefficient (Wildman–Crippen LogP) is 3.95. The summed E-state index contributed by atoms with van der Waals surface area (Å²) in [5.41, 5.74) is 7.21. The molecule has 0 fully saturated rings. The Hall–Kier alpha value is -4.28. The van der Waals surface area contributed by atoms with E-state index in [1.165, 1.54) is 22.9 Å². The number of pyridine rings is 1. The first kappa shape index (κ1) is 22.9. The van der Waals surface area contributed by atoms with Crippen LogP contribution in [0.1, 0.15) is 32.0 Å². The molecule has 176 valence electrons. The van der Waals surface area contributed by atoms with Crippen molar-refractivity contribution in [1.29, 1.82) is 0 Å². The molecule has 2 amide bonds. The second kappa shape index (κ2) is 8.25. The van der Waals surface area contributed by atoms with Crippen molar-refractivity contribution in [2.45, 2.75) is 33.1 Å². The average Bonchev–Trinajstić information content (AvgIpc) is 3.22. The molecular formula is C23H24FN7O3. The number of urea groups is 1. The number of fused-ring (bicyclic) bond motifs is 1. The highest BCUT2D eigenvalue weighted by atomic mass is 19.1. The number of aromatic nitrogens is 4. The highest BCUT2D eigenvalue weighted by Crippen LogP contribution is 2.29. The molecule has 0 saturated heterocycles. The van der Waals surface area contributed by atoms with Gasteiger partial charge in [-0.05, 0) is 36.2 Å². The molecule has 0 unspecified atom stereocenters. The molecule has 34 heavy (non-hydrogen) atoms. The number of rotatable bonds is 3. The first-order valence-electron chi connectivity index (χ1n) is 10.4. The quantitative estimate of drug-likeness (QED) is 0.416. The topological polar surface area (TPSA) is 141 Å². The second-order valence-electron chi connectivity index (χ2n) is 8.98. The summed E-state index contributed by atoms with van der Waals surface area (Å²) in [6.07, 6.45) is 1.51. The zero-order valence-corrected chi connectivity index (χ0v) is 19.4.